The second-order valence-electron chi connectivity index (χ2n) is 3.88. The van der Waals surface area contributed by atoms with E-state index in [4.69, 9.17) is 5.73 Å². The topological polar surface area (TPSA) is 129 Å². The molecule has 1 aromatic heterocycles. The molecule has 0 radical (unpaired) electrons. The summed E-state index contributed by atoms with van der Waals surface area (Å²) in [6, 6.07) is 5.86. The Balaban J connectivity index is 2.17. The van der Waals surface area contributed by atoms with Gasteiger partial charge >= 0.3 is 0 Å². The van der Waals surface area contributed by atoms with Crippen LogP contribution >= 0.6 is 0 Å². The number of benzene rings is 1. The van der Waals surface area contributed by atoms with Gasteiger partial charge in [-0.2, -0.15) is 0 Å². The molecule has 1 aromatic carbocycles. The number of nitrogens with zero attached hydrogens (tertiary/aromatic N) is 4. The van der Waals surface area contributed by atoms with Crippen molar-refractivity contribution in [2.75, 3.05) is 11.9 Å². The molecule has 0 aliphatic rings. The highest BCUT2D eigenvalue weighted by Crippen LogP contribution is 2.23. The van der Waals surface area contributed by atoms with Crippen molar-refractivity contribution >= 4 is 17.3 Å². The third kappa shape index (κ3) is 2.95. The van der Waals surface area contributed by atoms with Crippen LogP contribution in [0.2, 0.25) is 0 Å². The van der Waals surface area contributed by atoms with Crippen molar-refractivity contribution in [1.82, 2.24) is 15.0 Å². The lowest BCUT2D eigenvalue weighted by molar-refractivity contribution is -0.383. The lowest BCUT2D eigenvalue weighted by Gasteiger charge is -2.03. The average molecular weight is 276 g/mol. The van der Waals surface area contributed by atoms with Crippen molar-refractivity contribution in [2.45, 2.75) is 6.54 Å². The van der Waals surface area contributed by atoms with Crippen LogP contribution in [0.25, 0.3) is 0 Å². The predicted octanol–water partition coefficient (Wildman–Crippen LogP) is 0.397. The molecule has 104 valence electrons. The number of hydrogen-bond acceptors (Lipinski definition) is 6. The SMILES string of the molecule is NCCn1cc(C(=O)Nc2ccccc2[N+](=O)[O-])nn1. The largest absolute Gasteiger partial charge is 0.329 e. The van der Waals surface area contributed by atoms with Crippen LogP contribution in [0.3, 0.4) is 0 Å². The van der Waals surface area contributed by atoms with E-state index in [2.05, 4.69) is 15.6 Å². The van der Waals surface area contributed by atoms with Crippen LogP contribution in [0.15, 0.2) is 30.5 Å². The van der Waals surface area contributed by atoms with E-state index in [1.807, 2.05) is 0 Å². The van der Waals surface area contributed by atoms with Gasteiger partial charge in [-0.1, -0.05) is 17.3 Å². The Labute approximate surface area is 113 Å². The zero-order valence-corrected chi connectivity index (χ0v) is 10.4. The number of nitrogens with two attached hydrogens (primary N) is 1. The van der Waals surface area contributed by atoms with Gasteiger partial charge in [-0.05, 0) is 6.07 Å². The number of nitro benzene ring substituents is 1. The Hall–Kier alpha value is -2.81. The lowest BCUT2D eigenvalue weighted by Crippen LogP contribution is -2.14. The van der Waals surface area contributed by atoms with E-state index in [0.29, 0.717) is 13.1 Å². The maximum absolute atomic E-state index is 11.9. The zero-order valence-electron chi connectivity index (χ0n) is 10.4. The summed E-state index contributed by atoms with van der Waals surface area (Å²) in [4.78, 5) is 22.2. The van der Waals surface area contributed by atoms with E-state index < -0.39 is 10.8 Å². The number of carbonyl (C=O) groups is 1. The van der Waals surface area contributed by atoms with Gasteiger partial charge in [-0.15, -0.1) is 5.10 Å². The summed E-state index contributed by atoms with van der Waals surface area (Å²) in [5.74, 6) is -0.567. The van der Waals surface area contributed by atoms with Crippen LogP contribution in [-0.2, 0) is 6.54 Å². The van der Waals surface area contributed by atoms with Gasteiger partial charge < -0.3 is 11.1 Å². The highest BCUT2D eigenvalue weighted by Gasteiger charge is 2.17. The molecule has 0 fully saturated rings. The van der Waals surface area contributed by atoms with E-state index in [0.717, 1.165) is 0 Å². The number of anilines is 1. The minimum Gasteiger partial charge on any atom is -0.329 e. The molecule has 3 N–H and O–H groups in total. The Morgan fingerprint density at radius 1 is 1.45 bits per heavy atom. The van der Waals surface area contributed by atoms with E-state index in [-0.39, 0.29) is 17.1 Å². The molecular formula is C11H12N6O3. The van der Waals surface area contributed by atoms with E-state index >= 15 is 0 Å². The van der Waals surface area contributed by atoms with Crippen molar-refractivity contribution in [3.8, 4) is 0 Å². The van der Waals surface area contributed by atoms with Gasteiger partial charge in [0.25, 0.3) is 11.6 Å². The molecule has 0 saturated heterocycles. The number of para-hydroxylation sites is 2. The molecule has 2 rings (SSSR count). The van der Waals surface area contributed by atoms with Gasteiger partial charge in [-0.3, -0.25) is 19.6 Å². The second-order valence-corrected chi connectivity index (χ2v) is 3.88. The number of carbonyl (C=O) groups excluding carboxylic acids is 1. The molecule has 20 heavy (non-hydrogen) atoms. The monoisotopic (exact) mass is 276 g/mol. The molecule has 9 heteroatoms. The fourth-order valence-corrected chi connectivity index (χ4v) is 1.57. The van der Waals surface area contributed by atoms with Crippen LogP contribution in [-0.4, -0.2) is 32.4 Å². The lowest BCUT2D eigenvalue weighted by atomic mass is 10.2. The summed E-state index contributed by atoms with van der Waals surface area (Å²) in [6.07, 6.45) is 1.43. The van der Waals surface area contributed by atoms with Crippen molar-refractivity contribution in [2.24, 2.45) is 5.73 Å². The summed E-state index contributed by atoms with van der Waals surface area (Å²) in [5, 5.41) is 20.7. The molecule has 1 heterocycles. The Morgan fingerprint density at radius 2 is 2.20 bits per heavy atom. The number of amides is 1. The van der Waals surface area contributed by atoms with Crippen molar-refractivity contribution in [3.05, 3.63) is 46.3 Å². The Bertz CT molecular complexity index is 639. The molecule has 0 unspecified atom stereocenters. The van der Waals surface area contributed by atoms with Gasteiger partial charge in [0, 0.05) is 12.6 Å². The highest BCUT2D eigenvalue weighted by molar-refractivity contribution is 6.03. The standard InChI is InChI=1S/C11H12N6O3/c12-5-6-16-7-9(14-15-16)11(18)13-8-3-1-2-4-10(8)17(19)20/h1-4,7H,5-6,12H2,(H,13,18). The van der Waals surface area contributed by atoms with Crippen molar-refractivity contribution < 1.29 is 9.72 Å². The number of aromatic nitrogens is 3. The van der Waals surface area contributed by atoms with Gasteiger partial charge in [-0.25, -0.2) is 0 Å². The first-order chi connectivity index (χ1) is 9.61. The zero-order chi connectivity index (χ0) is 14.5. The minimum atomic E-state index is -0.569. The normalized spacial score (nSPS) is 10.2. The molecule has 0 bridgehead atoms. The molecule has 0 aliphatic carbocycles. The Kier molecular flexibility index (Phi) is 4.01. The summed E-state index contributed by atoms with van der Waals surface area (Å²) in [7, 11) is 0. The van der Waals surface area contributed by atoms with Crippen LogP contribution in [0, 0.1) is 10.1 Å². The minimum absolute atomic E-state index is 0.0663. The van der Waals surface area contributed by atoms with E-state index in [1.54, 1.807) is 6.07 Å². The summed E-state index contributed by atoms with van der Waals surface area (Å²) in [5.41, 5.74) is 5.35. The quantitative estimate of drug-likeness (QED) is 0.600. The molecule has 9 nitrogen and oxygen atoms in total. The van der Waals surface area contributed by atoms with Crippen molar-refractivity contribution in [1.29, 1.82) is 0 Å². The number of rotatable bonds is 5. The molecule has 0 saturated carbocycles. The van der Waals surface area contributed by atoms with Crippen LogP contribution < -0.4 is 11.1 Å². The van der Waals surface area contributed by atoms with Crippen molar-refractivity contribution in [3.63, 3.8) is 0 Å². The third-order valence-electron chi connectivity index (χ3n) is 2.48. The molecule has 0 spiro atoms. The molecule has 0 atom stereocenters. The molecular weight excluding hydrogens is 264 g/mol. The maximum Gasteiger partial charge on any atom is 0.292 e. The first-order valence-corrected chi connectivity index (χ1v) is 5.77. The first kappa shape index (κ1) is 13.6. The number of hydrogen-bond donors (Lipinski definition) is 2. The average Bonchev–Trinajstić information content (AvgIpc) is 2.88. The van der Waals surface area contributed by atoms with Gasteiger partial charge in [0.1, 0.15) is 5.69 Å². The van der Waals surface area contributed by atoms with Gasteiger partial charge in [0.05, 0.1) is 17.7 Å². The first-order valence-electron chi connectivity index (χ1n) is 5.77. The number of nitrogens with one attached hydrogen (secondary N) is 1. The molecule has 2 aromatic rings. The predicted molar refractivity (Wildman–Crippen MR) is 70.1 cm³/mol. The summed E-state index contributed by atoms with van der Waals surface area (Å²) < 4.78 is 1.42. The smallest absolute Gasteiger partial charge is 0.292 e. The molecule has 1 amide bonds. The molecule has 0 aliphatic heterocycles. The highest BCUT2D eigenvalue weighted by atomic mass is 16.6. The van der Waals surface area contributed by atoms with Crippen LogP contribution in [0.4, 0.5) is 11.4 Å². The summed E-state index contributed by atoms with van der Waals surface area (Å²) in [6.45, 7) is 0.806. The number of nitro groups is 1. The summed E-state index contributed by atoms with van der Waals surface area (Å²) >= 11 is 0. The van der Waals surface area contributed by atoms with Gasteiger partial charge in [0.2, 0.25) is 0 Å². The van der Waals surface area contributed by atoms with Crippen LogP contribution in [0.1, 0.15) is 10.5 Å². The Morgan fingerprint density at radius 3 is 2.90 bits per heavy atom. The van der Waals surface area contributed by atoms with Gasteiger partial charge in [0.15, 0.2) is 5.69 Å². The van der Waals surface area contributed by atoms with E-state index in [1.165, 1.54) is 29.1 Å². The maximum atomic E-state index is 11.9. The van der Waals surface area contributed by atoms with E-state index in [9.17, 15) is 14.9 Å². The third-order valence-corrected chi connectivity index (χ3v) is 2.48. The fraction of sp³-hybridized carbons (Fsp3) is 0.182. The second kappa shape index (κ2) is 5.89. The fourth-order valence-electron chi connectivity index (χ4n) is 1.57. The van der Waals surface area contributed by atoms with Crippen LogP contribution in [0.5, 0.6) is 0 Å².